The molecule has 0 bridgehead atoms. The van der Waals surface area contributed by atoms with E-state index in [1.807, 2.05) is 51.1 Å². The van der Waals surface area contributed by atoms with Crippen LogP contribution >= 0.6 is 0 Å². The lowest BCUT2D eigenvalue weighted by molar-refractivity contribution is 0.00375. The van der Waals surface area contributed by atoms with Crippen LogP contribution in [0.2, 0.25) is 0 Å². The maximum absolute atomic E-state index is 12.4. The van der Waals surface area contributed by atoms with Crippen molar-refractivity contribution < 1.29 is 18.8 Å². The highest BCUT2D eigenvalue weighted by atomic mass is 16.6. The number of aryl methyl sites for hydroxylation is 1. The summed E-state index contributed by atoms with van der Waals surface area (Å²) in [4.78, 5) is 18.1. The smallest absolute Gasteiger partial charge is 0.410 e. The first kappa shape index (κ1) is 19.9. The van der Waals surface area contributed by atoms with Gasteiger partial charge in [-0.25, -0.2) is 4.79 Å². The number of amides is 1. The summed E-state index contributed by atoms with van der Waals surface area (Å²) in [6.07, 6.45) is 0.273. The Bertz CT molecular complexity index is 694. The van der Waals surface area contributed by atoms with E-state index in [9.17, 15) is 4.79 Å². The van der Waals surface area contributed by atoms with Gasteiger partial charge in [-0.1, -0.05) is 35.5 Å². The van der Waals surface area contributed by atoms with Crippen LogP contribution in [0.15, 0.2) is 34.9 Å². The number of likely N-dealkylation sites (N-methyl/N-ethyl adjacent to an activating group) is 1. The molecule has 1 aromatic heterocycles. The molecule has 1 atom stereocenters. The Morgan fingerprint density at radius 3 is 2.54 bits per heavy atom. The standard InChI is InChI=1S/C19H27N3O4/c1-14-20-17(26-21-14)13-24-12-16(11-15-9-7-6-8-10-15)22(5)18(23)25-19(2,3)4/h6-10,16H,11-13H2,1-5H3/t16-/m1/s1. The average molecular weight is 361 g/mol. The minimum atomic E-state index is -0.551. The van der Waals surface area contributed by atoms with Gasteiger partial charge in [0.1, 0.15) is 12.2 Å². The highest BCUT2D eigenvalue weighted by molar-refractivity contribution is 5.68. The molecule has 142 valence electrons. The fraction of sp³-hybridized carbons (Fsp3) is 0.526. The third kappa shape index (κ3) is 6.48. The van der Waals surface area contributed by atoms with Crippen LogP contribution in [0.25, 0.3) is 0 Å². The van der Waals surface area contributed by atoms with Crippen molar-refractivity contribution in [3.05, 3.63) is 47.6 Å². The quantitative estimate of drug-likeness (QED) is 0.752. The van der Waals surface area contributed by atoms with Crippen LogP contribution in [0.3, 0.4) is 0 Å². The van der Waals surface area contributed by atoms with Gasteiger partial charge in [-0.15, -0.1) is 0 Å². The third-order valence-electron chi connectivity index (χ3n) is 3.65. The summed E-state index contributed by atoms with van der Waals surface area (Å²) in [5.41, 5.74) is 0.565. The second-order valence-corrected chi connectivity index (χ2v) is 7.19. The van der Waals surface area contributed by atoms with Crippen molar-refractivity contribution in [2.45, 2.75) is 52.4 Å². The van der Waals surface area contributed by atoms with Gasteiger partial charge in [0, 0.05) is 7.05 Å². The predicted octanol–water partition coefficient (Wildman–Crippen LogP) is 3.37. The molecular weight excluding hydrogens is 334 g/mol. The minimum Gasteiger partial charge on any atom is -0.444 e. The molecule has 0 aliphatic carbocycles. The number of carbonyl (C=O) groups is 1. The fourth-order valence-corrected chi connectivity index (χ4v) is 2.36. The zero-order valence-electron chi connectivity index (χ0n) is 16.1. The zero-order chi connectivity index (χ0) is 19.2. The Morgan fingerprint density at radius 1 is 1.27 bits per heavy atom. The number of hydrogen-bond donors (Lipinski definition) is 0. The van der Waals surface area contributed by atoms with Crippen molar-refractivity contribution in [3.63, 3.8) is 0 Å². The second kappa shape index (κ2) is 8.80. The van der Waals surface area contributed by atoms with Gasteiger partial charge in [0.05, 0.1) is 12.6 Å². The third-order valence-corrected chi connectivity index (χ3v) is 3.65. The minimum absolute atomic E-state index is 0.184. The monoisotopic (exact) mass is 361 g/mol. The fourth-order valence-electron chi connectivity index (χ4n) is 2.36. The Morgan fingerprint density at radius 2 is 1.96 bits per heavy atom. The first-order valence-electron chi connectivity index (χ1n) is 8.61. The van der Waals surface area contributed by atoms with Crippen molar-refractivity contribution >= 4 is 6.09 Å². The van der Waals surface area contributed by atoms with Crippen LogP contribution < -0.4 is 0 Å². The maximum Gasteiger partial charge on any atom is 0.410 e. The normalized spacial score (nSPS) is 12.7. The van der Waals surface area contributed by atoms with Gasteiger partial charge in [0.25, 0.3) is 5.89 Å². The van der Waals surface area contributed by atoms with Gasteiger partial charge in [-0.3, -0.25) is 0 Å². The first-order chi connectivity index (χ1) is 12.2. The molecule has 1 heterocycles. The van der Waals surface area contributed by atoms with Crippen LogP contribution in [0, 0.1) is 6.92 Å². The summed E-state index contributed by atoms with van der Waals surface area (Å²) >= 11 is 0. The second-order valence-electron chi connectivity index (χ2n) is 7.19. The Balaban J connectivity index is 2.01. The molecule has 0 aliphatic heterocycles. The van der Waals surface area contributed by atoms with Crippen LogP contribution in [-0.2, 0) is 22.5 Å². The van der Waals surface area contributed by atoms with E-state index in [4.69, 9.17) is 14.0 Å². The van der Waals surface area contributed by atoms with Crippen LogP contribution in [0.1, 0.15) is 38.0 Å². The van der Waals surface area contributed by atoms with E-state index in [1.165, 1.54) is 0 Å². The number of carbonyl (C=O) groups excluding carboxylic acids is 1. The van der Waals surface area contributed by atoms with Gasteiger partial charge in [0.2, 0.25) is 0 Å². The molecular formula is C19H27N3O4. The van der Waals surface area contributed by atoms with E-state index in [0.29, 0.717) is 24.7 Å². The largest absolute Gasteiger partial charge is 0.444 e. The van der Waals surface area contributed by atoms with E-state index in [1.54, 1.807) is 18.9 Å². The number of aromatic nitrogens is 2. The molecule has 2 rings (SSSR count). The Labute approximate surface area is 154 Å². The van der Waals surface area contributed by atoms with E-state index in [0.717, 1.165) is 5.56 Å². The van der Waals surface area contributed by atoms with Gasteiger partial charge in [0.15, 0.2) is 5.82 Å². The van der Waals surface area contributed by atoms with Gasteiger partial charge in [-0.2, -0.15) is 4.98 Å². The lowest BCUT2D eigenvalue weighted by Gasteiger charge is -2.30. The lowest BCUT2D eigenvalue weighted by atomic mass is 10.1. The SMILES string of the molecule is Cc1noc(COC[C@@H](Cc2ccccc2)N(C)C(=O)OC(C)(C)C)n1. The van der Waals surface area contributed by atoms with Crippen LogP contribution in [0.5, 0.6) is 0 Å². The molecule has 0 spiro atoms. The van der Waals surface area contributed by atoms with Crippen molar-refractivity contribution in [2.75, 3.05) is 13.7 Å². The molecule has 0 saturated carbocycles. The molecule has 0 aliphatic rings. The van der Waals surface area contributed by atoms with Crippen molar-refractivity contribution in [2.24, 2.45) is 0 Å². The Kier molecular flexibility index (Phi) is 6.74. The van der Waals surface area contributed by atoms with Crippen LogP contribution in [0.4, 0.5) is 4.79 Å². The summed E-state index contributed by atoms with van der Waals surface area (Å²) in [6.45, 7) is 7.82. The maximum atomic E-state index is 12.4. The van der Waals surface area contributed by atoms with Gasteiger partial charge in [-0.05, 0) is 39.7 Å². The Hall–Kier alpha value is -2.41. The summed E-state index contributed by atoms with van der Waals surface area (Å²) in [7, 11) is 1.72. The van der Waals surface area contributed by atoms with Gasteiger partial charge >= 0.3 is 6.09 Å². The average Bonchev–Trinajstić information content (AvgIpc) is 2.98. The zero-order valence-corrected chi connectivity index (χ0v) is 16.1. The molecule has 1 aromatic carbocycles. The summed E-state index contributed by atoms with van der Waals surface area (Å²) in [6, 6.07) is 9.78. The van der Waals surface area contributed by atoms with Crippen LogP contribution in [-0.4, -0.2) is 46.4 Å². The predicted molar refractivity (Wildman–Crippen MR) is 96.6 cm³/mol. The number of nitrogens with zero attached hydrogens (tertiary/aromatic N) is 3. The number of ether oxygens (including phenoxy) is 2. The number of rotatable bonds is 7. The van der Waals surface area contributed by atoms with E-state index < -0.39 is 5.60 Å². The van der Waals surface area contributed by atoms with Gasteiger partial charge < -0.3 is 18.9 Å². The lowest BCUT2D eigenvalue weighted by Crippen LogP contribution is -2.44. The molecule has 0 N–H and O–H groups in total. The molecule has 26 heavy (non-hydrogen) atoms. The highest BCUT2D eigenvalue weighted by Crippen LogP contribution is 2.14. The molecule has 2 aromatic rings. The van der Waals surface area contributed by atoms with Crippen molar-refractivity contribution in [1.82, 2.24) is 15.0 Å². The highest BCUT2D eigenvalue weighted by Gasteiger charge is 2.26. The molecule has 0 saturated heterocycles. The van der Waals surface area contributed by atoms with E-state index in [2.05, 4.69) is 10.1 Å². The van der Waals surface area contributed by atoms with E-state index in [-0.39, 0.29) is 18.7 Å². The molecule has 0 radical (unpaired) electrons. The van der Waals surface area contributed by atoms with Crippen molar-refractivity contribution in [1.29, 1.82) is 0 Å². The molecule has 0 fully saturated rings. The van der Waals surface area contributed by atoms with E-state index >= 15 is 0 Å². The summed E-state index contributed by atoms with van der Waals surface area (Å²) in [5, 5.41) is 3.74. The number of hydrogen-bond acceptors (Lipinski definition) is 6. The number of benzene rings is 1. The van der Waals surface area contributed by atoms with Crippen molar-refractivity contribution in [3.8, 4) is 0 Å². The summed E-state index contributed by atoms with van der Waals surface area (Å²) in [5.74, 6) is 0.983. The first-order valence-corrected chi connectivity index (χ1v) is 8.61. The molecule has 1 amide bonds. The summed E-state index contributed by atoms with van der Waals surface area (Å²) < 4.78 is 16.2. The molecule has 0 unspecified atom stereocenters. The topological polar surface area (TPSA) is 77.7 Å². The molecule has 7 heteroatoms. The molecule has 7 nitrogen and oxygen atoms in total.